The molecule has 2 rings (SSSR count). The van der Waals surface area contributed by atoms with Crippen LogP contribution in [0.3, 0.4) is 0 Å². The Hall–Kier alpha value is -2.04. The number of carbonyl (C=O) groups is 2. The van der Waals surface area contributed by atoms with E-state index in [1.54, 1.807) is 25.1 Å². The molecule has 1 heterocycles. The van der Waals surface area contributed by atoms with Crippen LogP contribution in [-0.4, -0.2) is 21.4 Å². The molecule has 0 atom stereocenters. The molecule has 0 aliphatic rings. The van der Waals surface area contributed by atoms with E-state index < -0.39 is 21.8 Å². The van der Waals surface area contributed by atoms with Crippen LogP contribution in [0.4, 0.5) is 0 Å². The first kappa shape index (κ1) is 16.3. The molecule has 22 heavy (non-hydrogen) atoms. The third-order valence-electron chi connectivity index (χ3n) is 3.35. The third-order valence-corrected chi connectivity index (χ3v) is 4.16. The van der Waals surface area contributed by atoms with Gasteiger partial charge in [-0.1, -0.05) is 47.5 Å². The number of hydrogen-bond donors (Lipinski definition) is 1. The van der Waals surface area contributed by atoms with Crippen LogP contribution in [0.15, 0.2) is 47.0 Å². The number of aliphatic carboxylic acids is 1. The highest BCUT2D eigenvalue weighted by Crippen LogP contribution is 2.30. The van der Waals surface area contributed by atoms with Crippen LogP contribution in [0.25, 0.3) is 10.9 Å². The molecule has 1 aromatic heterocycles. The van der Waals surface area contributed by atoms with E-state index in [9.17, 15) is 9.59 Å². The van der Waals surface area contributed by atoms with Gasteiger partial charge in [-0.2, -0.15) is 0 Å². The first-order chi connectivity index (χ1) is 10.4. The topological polar surface area (TPSA) is 59.3 Å². The second kappa shape index (κ2) is 6.38. The fourth-order valence-electron chi connectivity index (χ4n) is 2.39. The van der Waals surface area contributed by atoms with Gasteiger partial charge in [-0.15, -0.1) is 6.58 Å². The Morgan fingerprint density at radius 3 is 2.50 bits per heavy atom. The summed E-state index contributed by atoms with van der Waals surface area (Å²) in [6.45, 7) is 6.00. The number of benzene rings is 1. The second-order valence-corrected chi connectivity index (χ2v) is 5.40. The van der Waals surface area contributed by atoms with Crippen LogP contribution in [0.1, 0.15) is 16.1 Å². The summed E-state index contributed by atoms with van der Waals surface area (Å²) in [6.07, 6.45) is 1.72. The van der Waals surface area contributed by atoms with Gasteiger partial charge in [0.1, 0.15) is 10.1 Å². The zero-order valence-electron chi connectivity index (χ0n) is 11.8. The number of hydrogen-bond acceptors (Lipinski definition) is 2. The summed E-state index contributed by atoms with van der Waals surface area (Å²) in [7, 11) is 0. The fourth-order valence-corrected chi connectivity index (χ4v) is 2.65. The summed E-state index contributed by atoms with van der Waals surface area (Å²) in [5.41, 5.74) is 1.88. The molecule has 0 radical (unpaired) electrons. The lowest BCUT2D eigenvalue weighted by atomic mass is 10.1. The molecule has 1 aromatic carbocycles. The number of carbonyl (C=O) groups excluding carboxylic acids is 1. The Kier molecular flexibility index (Phi) is 4.74. The van der Waals surface area contributed by atoms with Crippen molar-refractivity contribution in [2.75, 3.05) is 0 Å². The first-order valence-corrected chi connectivity index (χ1v) is 7.17. The van der Waals surface area contributed by atoms with Gasteiger partial charge in [0.05, 0.1) is 5.56 Å². The number of carboxylic acid groups (broad SMARTS) is 1. The quantitative estimate of drug-likeness (QED) is 0.507. The molecular weight excluding hydrogens is 325 g/mol. The van der Waals surface area contributed by atoms with E-state index in [0.29, 0.717) is 23.2 Å². The van der Waals surface area contributed by atoms with Gasteiger partial charge in [-0.05, 0) is 13.0 Å². The van der Waals surface area contributed by atoms with E-state index in [1.165, 1.54) is 0 Å². The standard InChI is InChI=1S/C16H13Cl2NO3/c1-3-8-19-9(2)12(10-6-4-5-7-11(10)19)15(20)13(17)14(18)16(21)22/h3-7H,1,8H2,2H3,(H,21,22)/b14-13+. The van der Waals surface area contributed by atoms with Crippen LogP contribution in [0.5, 0.6) is 0 Å². The van der Waals surface area contributed by atoms with Crippen molar-refractivity contribution in [3.8, 4) is 0 Å². The predicted octanol–water partition coefficient (Wildman–Crippen LogP) is 4.09. The molecule has 4 nitrogen and oxygen atoms in total. The predicted molar refractivity (Wildman–Crippen MR) is 87.6 cm³/mol. The maximum Gasteiger partial charge on any atom is 0.349 e. The SMILES string of the molecule is C=CCn1c(C)c(C(=O)/C(Cl)=C(\Cl)C(=O)O)c2ccccc21. The van der Waals surface area contributed by atoms with Crippen molar-refractivity contribution < 1.29 is 14.7 Å². The largest absolute Gasteiger partial charge is 0.477 e. The number of allylic oxidation sites excluding steroid dienone is 2. The van der Waals surface area contributed by atoms with Crippen molar-refractivity contribution in [2.24, 2.45) is 0 Å². The van der Waals surface area contributed by atoms with Gasteiger partial charge in [-0.3, -0.25) is 4.79 Å². The van der Waals surface area contributed by atoms with E-state index in [0.717, 1.165) is 5.52 Å². The molecule has 0 fully saturated rings. The lowest BCUT2D eigenvalue weighted by Gasteiger charge is -2.05. The minimum atomic E-state index is -1.44. The van der Waals surface area contributed by atoms with Crippen molar-refractivity contribution in [3.05, 3.63) is 58.2 Å². The summed E-state index contributed by atoms with van der Waals surface area (Å²) >= 11 is 11.4. The maximum atomic E-state index is 12.6. The van der Waals surface area contributed by atoms with Crippen LogP contribution in [-0.2, 0) is 11.3 Å². The van der Waals surface area contributed by atoms with E-state index in [1.807, 2.05) is 16.7 Å². The highest BCUT2D eigenvalue weighted by molar-refractivity contribution is 6.55. The monoisotopic (exact) mass is 337 g/mol. The summed E-state index contributed by atoms with van der Waals surface area (Å²) in [5.74, 6) is -2.04. The Bertz CT molecular complexity index is 818. The molecule has 0 saturated heterocycles. The number of Topliss-reactive ketones (excluding diaryl/α,β-unsaturated/α-hetero) is 1. The zero-order chi connectivity index (χ0) is 16.4. The molecule has 0 aliphatic carbocycles. The van der Waals surface area contributed by atoms with Crippen LogP contribution >= 0.6 is 23.2 Å². The zero-order valence-corrected chi connectivity index (χ0v) is 13.3. The molecule has 0 spiro atoms. The molecule has 2 aromatic rings. The number of para-hydroxylation sites is 1. The van der Waals surface area contributed by atoms with Gasteiger partial charge < -0.3 is 9.67 Å². The molecule has 6 heteroatoms. The van der Waals surface area contributed by atoms with Crippen LogP contribution in [0, 0.1) is 6.92 Å². The normalized spacial score (nSPS) is 12.1. The Morgan fingerprint density at radius 2 is 1.91 bits per heavy atom. The van der Waals surface area contributed by atoms with E-state index in [-0.39, 0.29) is 0 Å². The van der Waals surface area contributed by atoms with Gasteiger partial charge in [0, 0.05) is 23.1 Å². The summed E-state index contributed by atoms with van der Waals surface area (Å²) in [6, 6.07) is 7.32. The molecular formula is C16H13Cl2NO3. The first-order valence-electron chi connectivity index (χ1n) is 6.42. The van der Waals surface area contributed by atoms with Gasteiger partial charge >= 0.3 is 5.97 Å². The van der Waals surface area contributed by atoms with Gasteiger partial charge in [-0.25, -0.2) is 4.79 Å². The molecule has 0 unspecified atom stereocenters. The third kappa shape index (κ3) is 2.67. The Morgan fingerprint density at radius 1 is 1.27 bits per heavy atom. The number of halogens is 2. The van der Waals surface area contributed by atoms with Crippen molar-refractivity contribution in [3.63, 3.8) is 0 Å². The van der Waals surface area contributed by atoms with E-state index in [2.05, 4.69) is 6.58 Å². The number of aromatic nitrogens is 1. The Balaban J connectivity index is 2.73. The van der Waals surface area contributed by atoms with Crippen LogP contribution in [0.2, 0.25) is 0 Å². The number of fused-ring (bicyclic) bond motifs is 1. The maximum absolute atomic E-state index is 12.6. The number of carboxylic acids is 1. The second-order valence-electron chi connectivity index (χ2n) is 4.64. The average Bonchev–Trinajstić information content (AvgIpc) is 2.78. The number of rotatable bonds is 5. The highest BCUT2D eigenvalue weighted by atomic mass is 35.5. The van der Waals surface area contributed by atoms with Crippen molar-refractivity contribution in [2.45, 2.75) is 13.5 Å². The molecule has 0 bridgehead atoms. The number of nitrogens with zero attached hydrogens (tertiary/aromatic N) is 1. The molecule has 0 aliphatic heterocycles. The highest BCUT2D eigenvalue weighted by Gasteiger charge is 2.25. The van der Waals surface area contributed by atoms with E-state index in [4.69, 9.17) is 28.3 Å². The lowest BCUT2D eigenvalue weighted by Crippen LogP contribution is -2.07. The molecule has 0 saturated carbocycles. The molecule has 1 N–H and O–H groups in total. The van der Waals surface area contributed by atoms with Gasteiger partial charge in [0.15, 0.2) is 0 Å². The van der Waals surface area contributed by atoms with Gasteiger partial charge in [0.2, 0.25) is 5.78 Å². The van der Waals surface area contributed by atoms with Crippen molar-refractivity contribution in [1.82, 2.24) is 4.57 Å². The molecule has 114 valence electrons. The van der Waals surface area contributed by atoms with E-state index >= 15 is 0 Å². The van der Waals surface area contributed by atoms with Crippen molar-refractivity contribution >= 4 is 45.9 Å². The smallest absolute Gasteiger partial charge is 0.349 e. The van der Waals surface area contributed by atoms with Crippen molar-refractivity contribution in [1.29, 1.82) is 0 Å². The minimum absolute atomic E-state index is 0.349. The average molecular weight is 338 g/mol. The summed E-state index contributed by atoms with van der Waals surface area (Å²) in [5, 5.41) is 8.38. The number of ketones is 1. The van der Waals surface area contributed by atoms with Gasteiger partial charge in [0.25, 0.3) is 0 Å². The molecule has 0 amide bonds. The lowest BCUT2D eigenvalue weighted by molar-refractivity contribution is -0.131. The van der Waals surface area contributed by atoms with Crippen LogP contribution < -0.4 is 0 Å². The fraction of sp³-hybridized carbons (Fsp3) is 0.125. The Labute approximate surface area is 137 Å². The summed E-state index contributed by atoms with van der Waals surface area (Å²) in [4.78, 5) is 23.5. The minimum Gasteiger partial charge on any atom is -0.477 e. The summed E-state index contributed by atoms with van der Waals surface area (Å²) < 4.78 is 1.91.